The first-order chi connectivity index (χ1) is 11.2. The summed E-state index contributed by atoms with van der Waals surface area (Å²) < 4.78 is 2.23. The number of amides is 1. The Bertz CT molecular complexity index is 1070. The topological polar surface area (TPSA) is 48.0 Å². The first kappa shape index (κ1) is 12.5. The Morgan fingerprint density at radius 3 is 2.57 bits per heavy atom. The minimum atomic E-state index is -0.281. The first-order valence-corrected chi connectivity index (χ1v) is 7.68. The van der Waals surface area contributed by atoms with Gasteiger partial charge in [0.05, 0.1) is 17.6 Å². The van der Waals surface area contributed by atoms with E-state index in [2.05, 4.69) is 59.3 Å². The van der Waals surface area contributed by atoms with E-state index in [1.807, 2.05) is 6.07 Å². The molecule has 2 aliphatic rings. The van der Waals surface area contributed by atoms with E-state index in [4.69, 9.17) is 5.73 Å². The monoisotopic (exact) mass is 298 g/mol. The highest BCUT2D eigenvalue weighted by Crippen LogP contribution is 2.53. The smallest absolute Gasteiger partial charge is 0.221 e. The van der Waals surface area contributed by atoms with Gasteiger partial charge in [0.25, 0.3) is 0 Å². The molecule has 2 heterocycles. The second-order valence-corrected chi connectivity index (χ2v) is 6.04. The van der Waals surface area contributed by atoms with Gasteiger partial charge in [-0.25, -0.2) is 0 Å². The van der Waals surface area contributed by atoms with Crippen LogP contribution in [0.5, 0.6) is 0 Å². The maximum atomic E-state index is 11.4. The molecule has 0 spiro atoms. The van der Waals surface area contributed by atoms with Gasteiger partial charge in [-0.05, 0) is 28.8 Å². The molecule has 3 aromatic rings. The van der Waals surface area contributed by atoms with Crippen molar-refractivity contribution in [1.29, 1.82) is 0 Å². The van der Waals surface area contributed by atoms with Crippen LogP contribution in [0.3, 0.4) is 0 Å². The zero-order chi connectivity index (χ0) is 15.6. The first-order valence-electron chi connectivity index (χ1n) is 7.68. The lowest BCUT2D eigenvalue weighted by Gasteiger charge is -2.07. The summed E-state index contributed by atoms with van der Waals surface area (Å²) in [6.07, 6.45) is 2.45. The molecule has 0 bridgehead atoms. The molecule has 0 saturated carbocycles. The predicted octanol–water partition coefficient (Wildman–Crippen LogP) is 3.81. The molecule has 23 heavy (non-hydrogen) atoms. The zero-order valence-electron chi connectivity index (χ0n) is 12.4. The number of fused-ring (bicyclic) bond motifs is 7. The molecule has 1 aliphatic carbocycles. The second kappa shape index (κ2) is 4.23. The molecule has 0 saturated heterocycles. The van der Waals surface area contributed by atoms with Gasteiger partial charge >= 0.3 is 0 Å². The average molecular weight is 298 g/mol. The minimum Gasteiger partial charge on any atom is -0.369 e. The highest BCUT2D eigenvalue weighted by molar-refractivity contribution is 6.13. The van der Waals surface area contributed by atoms with Gasteiger partial charge in [-0.1, -0.05) is 42.5 Å². The predicted molar refractivity (Wildman–Crippen MR) is 92.4 cm³/mol. The van der Waals surface area contributed by atoms with Crippen LogP contribution in [0.25, 0.3) is 33.9 Å². The average Bonchev–Trinajstić information content (AvgIpc) is 3.11. The van der Waals surface area contributed by atoms with E-state index in [0.29, 0.717) is 6.42 Å². The SMILES string of the molecule is NC(=O)CC1=C2C1=Cn1c(cc3ccccc31)-c1ccccc12. The molecule has 1 aliphatic heterocycles. The molecule has 0 atom stereocenters. The number of aromatic nitrogens is 1. The van der Waals surface area contributed by atoms with Crippen molar-refractivity contribution in [2.45, 2.75) is 6.42 Å². The van der Waals surface area contributed by atoms with Gasteiger partial charge in [-0.3, -0.25) is 4.79 Å². The van der Waals surface area contributed by atoms with Crippen LogP contribution in [0.2, 0.25) is 0 Å². The van der Waals surface area contributed by atoms with Crippen molar-refractivity contribution in [3.05, 3.63) is 71.3 Å². The van der Waals surface area contributed by atoms with Crippen molar-refractivity contribution >= 4 is 28.6 Å². The summed E-state index contributed by atoms with van der Waals surface area (Å²) in [5.74, 6) is -0.281. The number of carbonyl (C=O) groups excluding carboxylic acids is 1. The Morgan fingerprint density at radius 1 is 1.00 bits per heavy atom. The van der Waals surface area contributed by atoms with E-state index in [1.165, 1.54) is 33.3 Å². The molecule has 110 valence electrons. The Hall–Kier alpha value is -3.07. The van der Waals surface area contributed by atoms with Crippen molar-refractivity contribution in [2.24, 2.45) is 5.73 Å². The van der Waals surface area contributed by atoms with Crippen molar-refractivity contribution < 1.29 is 4.79 Å². The maximum absolute atomic E-state index is 11.4. The highest BCUT2D eigenvalue weighted by Gasteiger charge is 2.35. The van der Waals surface area contributed by atoms with Gasteiger partial charge < -0.3 is 10.3 Å². The molecular formula is C20H14N2O. The summed E-state index contributed by atoms with van der Waals surface area (Å²) in [5.41, 5.74) is 13.6. The number of primary amides is 1. The number of nitrogens with zero attached hydrogens (tertiary/aromatic N) is 1. The van der Waals surface area contributed by atoms with Gasteiger partial charge in [0.15, 0.2) is 0 Å². The highest BCUT2D eigenvalue weighted by atomic mass is 16.1. The minimum absolute atomic E-state index is 0.281. The summed E-state index contributed by atoms with van der Waals surface area (Å²) in [5, 5.41) is 1.22. The van der Waals surface area contributed by atoms with Gasteiger partial charge in [-0.2, -0.15) is 0 Å². The third kappa shape index (κ3) is 1.67. The molecule has 0 unspecified atom stereocenters. The van der Waals surface area contributed by atoms with Crippen molar-refractivity contribution in [1.82, 2.24) is 4.57 Å². The van der Waals surface area contributed by atoms with E-state index in [9.17, 15) is 4.79 Å². The number of nitrogens with two attached hydrogens (primary N) is 1. The molecule has 0 fully saturated rings. The number of allylic oxidation sites excluding steroid dienone is 2. The molecule has 5 rings (SSSR count). The van der Waals surface area contributed by atoms with Gasteiger partial charge in [0, 0.05) is 22.7 Å². The molecular weight excluding hydrogens is 284 g/mol. The molecule has 3 heteroatoms. The second-order valence-electron chi connectivity index (χ2n) is 6.04. The standard InChI is InChI=1S/C20H14N2O/c21-19(23)10-15-16-11-22-17-8-4-1-5-12(17)9-18(22)13-6-2-3-7-14(13)20(15)16/h1-9,11H,10H2,(H2,21,23). The number of rotatable bonds is 2. The van der Waals surface area contributed by atoms with Gasteiger partial charge in [0.2, 0.25) is 5.91 Å². The van der Waals surface area contributed by atoms with E-state index >= 15 is 0 Å². The molecule has 1 amide bonds. The Balaban J connectivity index is 1.84. The van der Waals surface area contributed by atoms with Gasteiger partial charge in [-0.15, -0.1) is 0 Å². The summed E-state index contributed by atoms with van der Waals surface area (Å²) in [6, 6.07) is 19.0. The quantitative estimate of drug-likeness (QED) is 0.768. The molecule has 2 aromatic carbocycles. The fraction of sp³-hybridized carbons (Fsp3) is 0.0500. The van der Waals surface area contributed by atoms with Crippen LogP contribution in [0.4, 0.5) is 0 Å². The summed E-state index contributed by atoms with van der Waals surface area (Å²) in [4.78, 5) is 11.4. The lowest BCUT2D eigenvalue weighted by molar-refractivity contribution is -0.117. The number of carbonyl (C=O) groups is 1. The van der Waals surface area contributed by atoms with Crippen LogP contribution in [-0.2, 0) is 4.79 Å². The zero-order valence-corrected chi connectivity index (χ0v) is 12.4. The third-order valence-electron chi connectivity index (χ3n) is 4.66. The maximum Gasteiger partial charge on any atom is 0.221 e. The van der Waals surface area contributed by atoms with Gasteiger partial charge in [0.1, 0.15) is 0 Å². The van der Waals surface area contributed by atoms with E-state index in [1.54, 1.807) is 0 Å². The van der Waals surface area contributed by atoms with E-state index in [-0.39, 0.29) is 5.91 Å². The lowest BCUT2D eigenvalue weighted by Crippen LogP contribution is -2.09. The number of hydrogen-bond donors (Lipinski definition) is 1. The Morgan fingerprint density at radius 2 is 1.74 bits per heavy atom. The summed E-state index contributed by atoms with van der Waals surface area (Å²) in [6.45, 7) is 0. The van der Waals surface area contributed by atoms with E-state index < -0.39 is 0 Å². The van der Waals surface area contributed by atoms with Crippen molar-refractivity contribution in [2.75, 3.05) is 0 Å². The van der Waals surface area contributed by atoms with Crippen LogP contribution in [0.1, 0.15) is 12.0 Å². The number of hydrogen-bond acceptors (Lipinski definition) is 1. The molecule has 1 aromatic heterocycles. The summed E-state index contributed by atoms with van der Waals surface area (Å²) in [7, 11) is 0. The van der Waals surface area contributed by atoms with Crippen LogP contribution >= 0.6 is 0 Å². The fourth-order valence-corrected chi connectivity index (χ4v) is 3.63. The van der Waals surface area contributed by atoms with Crippen LogP contribution in [-0.4, -0.2) is 10.5 Å². The van der Waals surface area contributed by atoms with E-state index in [0.717, 1.165) is 11.1 Å². The van der Waals surface area contributed by atoms with Crippen LogP contribution < -0.4 is 5.73 Å². The van der Waals surface area contributed by atoms with Crippen molar-refractivity contribution in [3.8, 4) is 11.3 Å². The molecule has 0 radical (unpaired) electrons. The number of benzene rings is 2. The molecule has 2 N–H and O–H groups in total. The molecule has 3 nitrogen and oxygen atoms in total. The summed E-state index contributed by atoms with van der Waals surface area (Å²) >= 11 is 0. The normalized spacial score (nSPS) is 14.7. The largest absolute Gasteiger partial charge is 0.369 e. The Kier molecular flexibility index (Phi) is 2.29. The number of para-hydroxylation sites is 1. The van der Waals surface area contributed by atoms with Crippen LogP contribution in [0, 0.1) is 0 Å². The Labute approximate surface area is 133 Å². The fourth-order valence-electron chi connectivity index (χ4n) is 3.63. The van der Waals surface area contributed by atoms with Crippen molar-refractivity contribution in [3.63, 3.8) is 0 Å². The van der Waals surface area contributed by atoms with Crippen LogP contribution in [0.15, 0.2) is 65.7 Å². The lowest BCUT2D eigenvalue weighted by atomic mass is 10.0. The third-order valence-corrected chi connectivity index (χ3v) is 4.66.